The monoisotopic (exact) mass is 262 g/mol. The van der Waals surface area contributed by atoms with Gasteiger partial charge in [0.05, 0.1) is 0 Å². The first-order valence-electron chi connectivity index (χ1n) is 2.37. The number of ketones is 1. The molecular formula is C7H4Br2O. The zero-order valence-electron chi connectivity index (χ0n) is 4.97. The van der Waals surface area contributed by atoms with Gasteiger partial charge in [-0.25, -0.2) is 0 Å². The Morgan fingerprint density at radius 2 is 1.50 bits per heavy atom. The smallest absolute Gasteiger partial charge is 0.193 e. The summed E-state index contributed by atoms with van der Waals surface area (Å²) in [5, 5.41) is 0. The minimum atomic E-state index is -0.147. The van der Waals surface area contributed by atoms with Gasteiger partial charge < -0.3 is 0 Å². The molecule has 0 radical (unpaired) electrons. The third kappa shape index (κ3) is 5.80. The summed E-state index contributed by atoms with van der Waals surface area (Å²) in [6.45, 7) is 0. The van der Waals surface area contributed by atoms with Crippen molar-refractivity contribution < 1.29 is 4.79 Å². The van der Waals surface area contributed by atoms with Gasteiger partial charge in [0.15, 0.2) is 5.78 Å². The van der Waals surface area contributed by atoms with Crippen LogP contribution < -0.4 is 0 Å². The maximum Gasteiger partial charge on any atom is 0.193 e. The molecule has 0 N–H and O–H groups in total. The highest BCUT2D eigenvalue weighted by Gasteiger charge is 1.81. The van der Waals surface area contributed by atoms with E-state index in [0.717, 1.165) is 0 Å². The van der Waals surface area contributed by atoms with E-state index in [-0.39, 0.29) is 5.78 Å². The Morgan fingerprint density at radius 3 is 1.80 bits per heavy atom. The lowest BCUT2D eigenvalue weighted by Crippen LogP contribution is -1.80. The molecule has 0 heterocycles. The molecule has 0 atom stereocenters. The van der Waals surface area contributed by atoms with Crippen molar-refractivity contribution in [3.05, 3.63) is 33.6 Å². The fourth-order valence-corrected chi connectivity index (χ4v) is 0.533. The second-order valence-corrected chi connectivity index (χ2v) is 2.16. The summed E-state index contributed by atoms with van der Waals surface area (Å²) in [7, 11) is 0. The van der Waals surface area contributed by atoms with Crippen LogP contribution in [0.15, 0.2) is 33.6 Å². The van der Waals surface area contributed by atoms with Gasteiger partial charge in [-0.2, -0.15) is 0 Å². The van der Waals surface area contributed by atoms with Crippen LogP contribution in [0.3, 0.4) is 0 Å². The topological polar surface area (TPSA) is 17.1 Å². The van der Waals surface area contributed by atoms with Gasteiger partial charge in [0.2, 0.25) is 0 Å². The Hall–Kier alpha value is -0.330. The van der Waals surface area contributed by atoms with Gasteiger partial charge in [-0.3, -0.25) is 4.79 Å². The van der Waals surface area contributed by atoms with Gasteiger partial charge in [-0.15, -0.1) is 11.5 Å². The number of halogens is 2. The van der Waals surface area contributed by atoms with Crippen LogP contribution in [0.2, 0.25) is 0 Å². The molecule has 0 aliphatic rings. The Kier molecular flexibility index (Phi) is 6.56. The van der Waals surface area contributed by atoms with Crippen LogP contribution in [0.25, 0.3) is 0 Å². The Labute approximate surface area is 76.1 Å². The van der Waals surface area contributed by atoms with Crippen LogP contribution in [0.1, 0.15) is 0 Å². The van der Waals surface area contributed by atoms with Crippen LogP contribution in [-0.2, 0) is 4.79 Å². The van der Waals surface area contributed by atoms with E-state index in [9.17, 15) is 4.79 Å². The minimum absolute atomic E-state index is 0.147. The van der Waals surface area contributed by atoms with Crippen molar-refractivity contribution in [3.63, 3.8) is 0 Å². The fraction of sp³-hybridized carbons (Fsp3) is 0. The van der Waals surface area contributed by atoms with E-state index >= 15 is 0 Å². The zero-order valence-corrected chi connectivity index (χ0v) is 8.15. The molecule has 1 nitrogen and oxygen atoms in total. The molecule has 0 fully saturated rings. The number of allylic oxidation sites excluding steroid dienone is 2. The highest BCUT2D eigenvalue weighted by molar-refractivity contribution is 9.11. The molecule has 0 aliphatic carbocycles. The van der Waals surface area contributed by atoms with Crippen LogP contribution in [0.4, 0.5) is 0 Å². The first-order valence-corrected chi connectivity index (χ1v) is 4.20. The molecule has 0 aromatic heterocycles. The van der Waals surface area contributed by atoms with Gasteiger partial charge in [0.25, 0.3) is 0 Å². The molecule has 52 valence electrons. The summed E-state index contributed by atoms with van der Waals surface area (Å²) in [5.74, 6) is -0.147. The van der Waals surface area contributed by atoms with Crippen LogP contribution in [0.5, 0.6) is 0 Å². The maximum atomic E-state index is 10.6. The van der Waals surface area contributed by atoms with E-state index in [2.05, 4.69) is 43.3 Å². The van der Waals surface area contributed by atoms with E-state index in [1.807, 2.05) is 0 Å². The normalized spacial score (nSPS) is 6.60. The van der Waals surface area contributed by atoms with Gasteiger partial charge in [0.1, 0.15) is 0 Å². The molecule has 0 spiro atoms. The first kappa shape index (κ1) is 9.67. The van der Waals surface area contributed by atoms with E-state index in [0.29, 0.717) is 0 Å². The van der Waals surface area contributed by atoms with Crippen LogP contribution in [0, 0.1) is 0 Å². The predicted molar refractivity (Wildman–Crippen MR) is 48.2 cm³/mol. The highest BCUT2D eigenvalue weighted by atomic mass is 79.9. The molecular weight excluding hydrogens is 260 g/mol. The lowest BCUT2D eigenvalue weighted by Gasteiger charge is -1.70. The van der Waals surface area contributed by atoms with Gasteiger partial charge in [-0.1, -0.05) is 31.9 Å². The third-order valence-corrected chi connectivity index (χ3v) is 1.11. The highest BCUT2D eigenvalue weighted by Crippen LogP contribution is 1.82. The number of hydrogen-bond acceptors (Lipinski definition) is 1. The molecule has 0 saturated heterocycles. The van der Waals surface area contributed by atoms with Crippen molar-refractivity contribution in [1.29, 1.82) is 0 Å². The summed E-state index contributed by atoms with van der Waals surface area (Å²) in [6.07, 6.45) is 2.61. The van der Waals surface area contributed by atoms with Gasteiger partial charge in [-0.05, 0) is 0 Å². The molecule has 0 unspecified atom stereocenters. The van der Waals surface area contributed by atoms with Crippen molar-refractivity contribution in [2.24, 2.45) is 0 Å². The van der Waals surface area contributed by atoms with Crippen molar-refractivity contribution in [3.8, 4) is 0 Å². The molecule has 0 rings (SSSR count). The predicted octanol–water partition coefficient (Wildman–Crippen LogP) is 2.68. The molecule has 10 heavy (non-hydrogen) atoms. The Balaban J connectivity index is 4.13. The summed E-state index contributed by atoms with van der Waals surface area (Å²) < 4.78 is 0. The zero-order chi connectivity index (χ0) is 7.82. The lowest BCUT2D eigenvalue weighted by atomic mass is 10.4. The average Bonchev–Trinajstić information content (AvgIpc) is 1.97. The Morgan fingerprint density at radius 1 is 1.10 bits per heavy atom. The second-order valence-electron chi connectivity index (χ2n) is 1.24. The van der Waals surface area contributed by atoms with Crippen LogP contribution >= 0.6 is 31.9 Å². The summed E-state index contributed by atoms with van der Waals surface area (Å²) >= 11 is 5.95. The number of hydrogen-bond donors (Lipinski definition) is 0. The summed E-state index contributed by atoms with van der Waals surface area (Å²) in [6, 6.07) is 0. The van der Waals surface area contributed by atoms with Crippen molar-refractivity contribution >= 4 is 37.6 Å². The van der Waals surface area contributed by atoms with Crippen molar-refractivity contribution in [2.45, 2.75) is 0 Å². The molecule has 0 bridgehead atoms. The Bertz CT molecular complexity index is 204. The largest absolute Gasteiger partial charge is 0.289 e. The molecule has 3 heteroatoms. The number of rotatable bonds is 2. The van der Waals surface area contributed by atoms with Gasteiger partial charge >= 0.3 is 0 Å². The summed E-state index contributed by atoms with van der Waals surface area (Å²) in [4.78, 5) is 13.6. The van der Waals surface area contributed by atoms with E-state index in [4.69, 9.17) is 0 Å². The lowest BCUT2D eigenvalue weighted by molar-refractivity contribution is -0.110. The molecule has 0 aromatic rings. The first-order chi connectivity index (χ1) is 4.81. The second kappa shape index (κ2) is 6.79. The third-order valence-electron chi connectivity index (χ3n) is 0.577. The molecule has 0 saturated carbocycles. The van der Waals surface area contributed by atoms with Gasteiger partial charge in [0, 0.05) is 22.1 Å². The molecule has 0 amide bonds. The SMILES string of the molecule is O=C(C=C=CBr)C=C=CBr. The molecule has 0 aliphatic heterocycles. The number of carbonyl (C=O) groups is 1. The van der Waals surface area contributed by atoms with Crippen LogP contribution in [-0.4, -0.2) is 5.78 Å². The fourth-order valence-electron chi connectivity index (χ4n) is 0.269. The number of carbonyl (C=O) groups excluding carboxylic acids is 1. The average molecular weight is 264 g/mol. The quantitative estimate of drug-likeness (QED) is 0.553. The van der Waals surface area contributed by atoms with Crippen molar-refractivity contribution in [1.82, 2.24) is 0 Å². The molecule has 0 aromatic carbocycles. The van der Waals surface area contributed by atoms with Crippen molar-refractivity contribution in [2.75, 3.05) is 0 Å². The summed E-state index contributed by atoms with van der Waals surface area (Å²) in [5.41, 5.74) is 5.15. The van der Waals surface area contributed by atoms with E-state index in [1.165, 1.54) is 22.1 Å². The standard InChI is InChI=1S/C7H4Br2O/c8-5-1-3-7(10)4-2-6-9/h3-6H. The van der Waals surface area contributed by atoms with E-state index < -0.39 is 0 Å². The van der Waals surface area contributed by atoms with E-state index in [1.54, 1.807) is 0 Å². The minimum Gasteiger partial charge on any atom is -0.289 e. The maximum absolute atomic E-state index is 10.6.